The van der Waals surface area contributed by atoms with Gasteiger partial charge in [0.1, 0.15) is 0 Å². The van der Waals surface area contributed by atoms with Crippen LogP contribution in [-0.4, -0.2) is 17.9 Å². The number of rotatable bonds is 5. The Bertz CT molecular complexity index is 753. The summed E-state index contributed by atoms with van der Waals surface area (Å²) in [6.45, 7) is 0.364. The van der Waals surface area contributed by atoms with Gasteiger partial charge < -0.3 is 10.6 Å². The molecule has 0 heterocycles. The minimum absolute atomic E-state index is 0.0741. The van der Waals surface area contributed by atoms with Gasteiger partial charge in [0.15, 0.2) is 0 Å². The molecule has 0 radical (unpaired) electrons. The highest BCUT2D eigenvalue weighted by Gasteiger charge is 2.18. The van der Waals surface area contributed by atoms with Crippen LogP contribution in [0.5, 0.6) is 0 Å². The van der Waals surface area contributed by atoms with Crippen molar-refractivity contribution in [1.29, 1.82) is 0 Å². The molecule has 0 saturated heterocycles. The fourth-order valence-corrected chi connectivity index (χ4v) is 3.23. The summed E-state index contributed by atoms with van der Waals surface area (Å²) in [4.78, 5) is 24.4. The van der Waals surface area contributed by atoms with Crippen molar-refractivity contribution in [2.75, 3.05) is 0 Å². The van der Waals surface area contributed by atoms with E-state index in [0.717, 1.165) is 18.4 Å². The largest absolute Gasteiger partial charge is 0.349 e. The number of halogens is 1. The van der Waals surface area contributed by atoms with Gasteiger partial charge in [0, 0.05) is 28.7 Å². The van der Waals surface area contributed by atoms with Gasteiger partial charge in [-0.25, -0.2) is 0 Å². The first-order chi connectivity index (χ1) is 12.1. The normalized spacial score (nSPS) is 14.3. The summed E-state index contributed by atoms with van der Waals surface area (Å²) in [5.74, 6) is -0.266. The van der Waals surface area contributed by atoms with Gasteiger partial charge in [-0.05, 0) is 48.7 Å². The molecule has 2 N–H and O–H groups in total. The second-order valence-corrected chi connectivity index (χ2v) is 6.71. The Morgan fingerprint density at radius 3 is 2.16 bits per heavy atom. The van der Waals surface area contributed by atoms with E-state index in [0.29, 0.717) is 22.7 Å². The number of amides is 2. The third-order valence-corrected chi connectivity index (χ3v) is 4.87. The summed E-state index contributed by atoms with van der Waals surface area (Å²) in [6.07, 6.45) is 4.45. The molecule has 1 aliphatic carbocycles. The predicted octanol–water partition coefficient (Wildman–Crippen LogP) is 3.94. The van der Waals surface area contributed by atoms with Crippen molar-refractivity contribution in [3.63, 3.8) is 0 Å². The summed E-state index contributed by atoms with van der Waals surface area (Å²) in [7, 11) is 0. The predicted molar refractivity (Wildman–Crippen MR) is 98.8 cm³/mol. The Morgan fingerprint density at radius 1 is 0.920 bits per heavy atom. The smallest absolute Gasteiger partial charge is 0.251 e. The molecule has 0 aliphatic heterocycles. The van der Waals surface area contributed by atoms with Crippen LogP contribution in [0, 0.1) is 0 Å². The van der Waals surface area contributed by atoms with Crippen LogP contribution in [0.3, 0.4) is 0 Å². The van der Waals surface area contributed by atoms with Crippen molar-refractivity contribution in [3.8, 4) is 0 Å². The van der Waals surface area contributed by atoms with E-state index in [2.05, 4.69) is 10.6 Å². The van der Waals surface area contributed by atoms with Gasteiger partial charge in [0.2, 0.25) is 0 Å². The first-order valence-electron chi connectivity index (χ1n) is 8.56. The van der Waals surface area contributed by atoms with Crippen molar-refractivity contribution in [2.45, 2.75) is 38.3 Å². The molecule has 25 heavy (non-hydrogen) atoms. The van der Waals surface area contributed by atoms with Crippen molar-refractivity contribution < 1.29 is 9.59 Å². The molecule has 0 unspecified atom stereocenters. The number of benzene rings is 2. The van der Waals surface area contributed by atoms with E-state index in [1.165, 1.54) is 12.8 Å². The topological polar surface area (TPSA) is 58.2 Å². The molecule has 0 bridgehead atoms. The van der Waals surface area contributed by atoms with E-state index in [-0.39, 0.29) is 17.9 Å². The van der Waals surface area contributed by atoms with Crippen molar-refractivity contribution in [1.82, 2.24) is 10.6 Å². The molecule has 2 aromatic carbocycles. The third kappa shape index (κ3) is 4.60. The average Bonchev–Trinajstić information content (AvgIpc) is 3.14. The zero-order valence-corrected chi connectivity index (χ0v) is 14.7. The summed E-state index contributed by atoms with van der Waals surface area (Å²) in [5, 5.41) is 6.51. The van der Waals surface area contributed by atoms with E-state index in [1.807, 2.05) is 18.2 Å². The molecular formula is C20H21ClN2O2. The van der Waals surface area contributed by atoms with Gasteiger partial charge in [0.05, 0.1) is 0 Å². The van der Waals surface area contributed by atoms with Crippen LogP contribution in [0.4, 0.5) is 0 Å². The molecule has 1 fully saturated rings. The van der Waals surface area contributed by atoms with Crippen molar-refractivity contribution >= 4 is 23.4 Å². The molecule has 130 valence electrons. The lowest BCUT2D eigenvalue weighted by molar-refractivity contribution is 0.0930. The zero-order valence-electron chi connectivity index (χ0n) is 13.9. The number of carbonyl (C=O) groups is 2. The Kier molecular flexibility index (Phi) is 5.71. The highest BCUT2D eigenvalue weighted by Crippen LogP contribution is 2.18. The number of nitrogens with one attached hydrogen (secondary N) is 2. The molecule has 4 nitrogen and oxygen atoms in total. The third-order valence-electron chi connectivity index (χ3n) is 4.50. The molecule has 0 atom stereocenters. The van der Waals surface area contributed by atoms with E-state index in [1.54, 1.807) is 30.3 Å². The minimum atomic E-state index is -0.192. The summed E-state index contributed by atoms with van der Waals surface area (Å²) in [6, 6.07) is 14.4. The van der Waals surface area contributed by atoms with Gasteiger partial charge in [-0.2, -0.15) is 0 Å². The molecule has 0 spiro atoms. The number of carbonyl (C=O) groups excluding carboxylic acids is 2. The second kappa shape index (κ2) is 8.17. The molecule has 2 amide bonds. The van der Waals surface area contributed by atoms with Gasteiger partial charge in [0.25, 0.3) is 11.8 Å². The maximum Gasteiger partial charge on any atom is 0.251 e. The van der Waals surface area contributed by atoms with Gasteiger partial charge >= 0.3 is 0 Å². The van der Waals surface area contributed by atoms with Crippen molar-refractivity contribution in [3.05, 3.63) is 70.2 Å². The number of hydrogen-bond acceptors (Lipinski definition) is 2. The maximum atomic E-state index is 12.2. The Hall–Kier alpha value is -2.33. The average molecular weight is 357 g/mol. The fourth-order valence-electron chi connectivity index (χ4n) is 3.03. The van der Waals surface area contributed by atoms with Crippen LogP contribution >= 0.6 is 11.6 Å². The Morgan fingerprint density at radius 2 is 1.52 bits per heavy atom. The van der Waals surface area contributed by atoms with Gasteiger partial charge in [-0.1, -0.05) is 42.6 Å². The summed E-state index contributed by atoms with van der Waals surface area (Å²) in [5.41, 5.74) is 1.96. The first-order valence-corrected chi connectivity index (χ1v) is 8.94. The highest BCUT2D eigenvalue weighted by molar-refractivity contribution is 6.31. The lowest BCUT2D eigenvalue weighted by Gasteiger charge is -2.12. The van der Waals surface area contributed by atoms with E-state index >= 15 is 0 Å². The van der Waals surface area contributed by atoms with E-state index in [9.17, 15) is 9.59 Å². The van der Waals surface area contributed by atoms with Crippen LogP contribution in [0.2, 0.25) is 5.02 Å². The Labute approximate surface area is 152 Å². The fraction of sp³-hybridized carbons (Fsp3) is 0.300. The minimum Gasteiger partial charge on any atom is -0.349 e. The van der Waals surface area contributed by atoms with E-state index < -0.39 is 0 Å². The number of hydrogen-bond donors (Lipinski definition) is 2. The summed E-state index contributed by atoms with van der Waals surface area (Å²) >= 11 is 6.08. The SMILES string of the molecule is O=C(NCc1ccccc1Cl)c1ccc(C(=O)NC2CCCC2)cc1. The zero-order chi connectivity index (χ0) is 17.6. The first kappa shape index (κ1) is 17.5. The summed E-state index contributed by atoms with van der Waals surface area (Å²) < 4.78 is 0. The molecule has 1 saturated carbocycles. The standard InChI is InChI=1S/C20H21ClN2O2/c21-18-8-4-1-5-16(18)13-22-19(24)14-9-11-15(12-10-14)20(25)23-17-6-2-3-7-17/h1,4-5,8-12,17H,2-3,6-7,13H2,(H,22,24)(H,23,25). The van der Waals surface area contributed by atoms with Crippen molar-refractivity contribution in [2.24, 2.45) is 0 Å². The van der Waals surface area contributed by atoms with Gasteiger partial charge in [-0.15, -0.1) is 0 Å². The molecule has 3 rings (SSSR count). The van der Waals surface area contributed by atoms with Crippen LogP contribution in [-0.2, 0) is 6.54 Å². The quantitative estimate of drug-likeness (QED) is 0.852. The van der Waals surface area contributed by atoms with E-state index in [4.69, 9.17) is 11.6 Å². The molecule has 2 aromatic rings. The molecule has 5 heteroatoms. The lowest BCUT2D eigenvalue weighted by Crippen LogP contribution is -2.32. The Balaban J connectivity index is 1.56. The maximum absolute atomic E-state index is 12.2. The monoisotopic (exact) mass is 356 g/mol. The van der Waals surface area contributed by atoms with Crippen LogP contribution < -0.4 is 10.6 Å². The van der Waals surface area contributed by atoms with Crippen LogP contribution in [0.1, 0.15) is 52.0 Å². The van der Waals surface area contributed by atoms with Crippen LogP contribution in [0.25, 0.3) is 0 Å². The highest BCUT2D eigenvalue weighted by atomic mass is 35.5. The molecule has 0 aromatic heterocycles. The van der Waals surface area contributed by atoms with Crippen LogP contribution in [0.15, 0.2) is 48.5 Å². The molecule has 1 aliphatic rings. The molecular weight excluding hydrogens is 336 g/mol. The van der Waals surface area contributed by atoms with Gasteiger partial charge in [-0.3, -0.25) is 9.59 Å². The second-order valence-electron chi connectivity index (χ2n) is 6.31. The lowest BCUT2D eigenvalue weighted by atomic mass is 10.1.